The highest BCUT2D eigenvalue weighted by atomic mass is 35.5. The van der Waals surface area contributed by atoms with Crippen molar-refractivity contribution in [3.63, 3.8) is 0 Å². The maximum Gasteiger partial charge on any atom is 0.254 e. The van der Waals surface area contributed by atoms with E-state index in [2.05, 4.69) is 4.98 Å². The Morgan fingerprint density at radius 3 is 2.90 bits per heavy atom. The molecular formula is C15H13ClN2OS. The largest absolute Gasteiger partial charge is 0.361 e. The molecule has 0 fully saturated rings. The summed E-state index contributed by atoms with van der Waals surface area (Å²) in [6, 6.07) is 11.4. The van der Waals surface area contributed by atoms with Gasteiger partial charge in [0.2, 0.25) is 0 Å². The Balaban J connectivity index is 1.86. The van der Waals surface area contributed by atoms with Crippen LogP contribution in [0.25, 0.3) is 10.9 Å². The molecule has 3 aromatic rings. The molecule has 1 amide bonds. The standard InChI is InChI=1S/C15H13ClN2OS/c1-18(9-10-5-6-14(16)20-10)15(19)12-3-2-4-13-11(12)7-8-17-13/h2-8,17H,9H2,1H3. The predicted octanol–water partition coefficient (Wildman–Crippen LogP) is 4.16. The fraction of sp³-hybridized carbons (Fsp3) is 0.133. The molecule has 0 bridgehead atoms. The summed E-state index contributed by atoms with van der Waals surface area (Å²) in [6.45, 7) is 0.566. The lowest BCUT2D eigenvalue weighted by Crippen LogP contribution is -2.25. The smallest absolute Gasteiger partial charge is 0.254 e. The number of aromatic amines is 1. The van der Waals surface area contributed by atoms with Crippen molar-refractivity contribution >= 4 is 39.7 Å². The highest BCUT2D eigenvalue weighted by Gasteiger charge is 2.15. The maximum atomic E-state index is 12.6. The molecule has 0 aliphatic carbocycles. The first-order valence-electron chi connectivity index (χ1n) is 6.21. The van der Waals surface area contributed by atoms with Gasteiger partial charge in [0, 0.05) is 34.6 Å². The molecule has 20 heavy (non-hydrogen) atoms. The zero-order valence-corrected chi connectivity index (χ0v) is 12.5. The number of rotatable bonds is 3. The van der Waals surface area contributed by atoms with Gasteiger partial charge in [-0.15, -0.1) is 11.3 Å². The average Bonchev–Trinajstić information content (AvgIpc) is 3.06. The number of fused-ring (bicyclic) bond motifs is 1. The van der Waals surface area contributed by atoms with E-state index >= 15 is 0 Å². The van der Waals surface area contributed by atoms with Crippen molar-refractivity contribution in [1.29, 1.82) is 0 Å². The highest BCUT2D eigenvalue weighted by Crippen LogP contribution is 2.24. The van der Waals surface area contributed by atoms with Crippen molar-refractivity contribution in [2.75, 3.05) is 7.05 Å². The van der Waals surface area contributed by atoms with Gasteiger partial charge in [0.1, 0.15) is 0 Å². The van der Waals surface area contributed by atoms with Gasteiger partial charge < -0.3 is 9.88 Å². The summed E-state index contributed by atoms with van der Waals surface area (Å²) in [4.78, 5) is 18.5. The number of carbonyl (C=O) groups is 1. The van der Waals surface area contributed by atoms with E-state index < -0.39 is 0 Å². The van der Waals surface area contributed by atoms with Gasteiger partial charge in [0.05, 0.1) is 10.9 Å². The van der Waals surface area contributed by atoms with Crippen LogP contribution in [0.3, 0.4) is 0 Å². The van der Waals surface area contributed by atoms with Gasteiger partial charge in [0.25, 0.3) is 5.91 Å². The van der Waals surface area contributed by atoms with E-state index in [-0.39, 0.29) is 5.91 Å². The number of halogens is 1. The normalized spacial score (nSPS) is 10.9. The molecule has 1 N–H and O–H groups in total. The summed E-state index contributed by atoms with van der Waals surface area (Å²) in [5.74, 6) is 0.0136. The maximum absolute atomic E-state index is 12.6. The van der Waals surface area contributed by atoms with E-state index in [0.29, 0.717) is 12.1 Å². The molecule has 102 valence electrons. The van der Waals surface area contributed by atoms with Crippen LogP contribution in [0.2, 0.25) is 4.34 Å². The minimum Gasteiger partial charge on any atom is -0.361 e. The van der Waals surface area contributed by atoms with Crippen LogP contribution in [0, 0.1) is 0 Å². The highest BCUT2D eigenvalue weighted by molar-refractivity contribution is 7.16. The number of amides is 1. The summed E-state index contributed by atoms with van der Waals surface area (Å²) in [6.07, 6.45) is 1.85. The first kappa shape index (κ1) is 13.2. The molecule has 0 radical (unpaired) electrons. The second kappa shape index (κ2) is 5.31. The van der Waals surface area contributed by atoms with Crippen LogP contribution in [-0.4, -0.2) is 22.8 Å². The van der Waals surface area contributed by atoms with Crippen molar-refractivity contribution in [3.8, 4) is 0 Å². The molecule has 0 aliphatic rings. The number of nitrogens with one attached hydrogen (secondary N) is 1. The summed E-state index contributed by atoms with van der Waals surface area (Å²) in [7, 11) is 1.81. The topological polar surface area (TPSA) is 36.1 Å². The lowest BCUT2D eigenvalue weighted by Gasteiger charge is -2.16. The molecule has 0 atom stereocenters. The Labute approximate surface area is 125 Å². The Bertz CT molecular complexity index is 762. The van der Waals surface area contributed by atoms with E-state index in [9.17, 15) is 4.79 Å². The minimum absolute atomic E-state index is 0.0136. The summed E-state index contributed by atoms with van der Waals surface area (Å²) in [5, 5.41) is 0.952. The Morgan fingerprint density at radius 1 is 1.30 bits per heavy atom. The number of benzene rings is 1. The van der Waals surface area contributed by atoms with Crippen molar-refractivity contribution in [2.45, 2.75) is 6.54 Å². The van der Waals surface area contributed by atoms with Gasteiger partial charge >= 0.3 is 0 Å². The molecule has 2 heterocycles. The third-order valence-corrected chi connectivity index (χ3v) is 4.41. The van der Waals surface area contributed by atoms with Crippen LogP contribution >= 0.6 is 22.9 Å². The van der Waals surface area contributed by atoms with Crippen LogP contribution in [0.4, 0.5) is 0 Å². The quantitative estimate of drug-likeness (QED) is 0.775. The van der Waals surface area contributed by atoms with Gasteiger partial charge in [-0.3, -0.25) is 4.79 Å². The van der Waals surface area contributed by atoms with Gasteiger partial charge in [-0.2, -0.15) is 0 Å². The molecule has 1 aromatic carbocycles. The molecule has 0 saturated heterocycles. The third-order valence-electron chi connectivity index (χ3n) is 3.19. The summed E-state index contributed by atoms with van der Waals surface area (Å²) >= 11 is 7.41. The van der Waals surface area contributed by atoms with Crippen LogP contribution in [0.5, 0.6) is 0 Å². The average molecular weight is 305 g/mol. The first-order chi connectivity index (χ1) is 9.65. The molecule has 3 nitrogen and oxygen atoms in total. The van der Waals surface area contributed by atoms with E-state index in [1.54, 1.807) is 11.9 Å². The van der Waals surface area contributed by atoms with Gasteiger partial charge in [-0.1, -0.05) is 17.7 Å². The van der Waals surface area contributed by atoms with Crippen LogP contribution < -0.4 is 0 Å². The number of aromatic nitrogens is 1. The fourth-order valence-electron chi connectivity index (χ4n) is 2.22. The Morgan fingerprint density at radius 2 is 2.15 bits per heavy atom. The fourth-order valence-corrected chi connectivity index (χ4v) is 3.36. The van der Waals surface area contributed by atoms with E-state index in [1.165, 1.54) is 11.3 Å². The minimum atomic E-state index is 0.0136. The number of H-pyrrole nitrogens is 1. The van der Waals surface area contributed by atoms with Crippen molar-refractivity contribution in [3.05, 3.63) is 57.4 Å². The number of hydrogen-bond acceptors (Lipinski definition) is 2. The molecule has 0 saturated carbocycles. The number of hydrogen-bond donors (Lipinski definition) is 1. The molecule has 2 aromatic heterocycles. The monoisotopic (exact) mass is 304 g/mol. The SMILES string of the molecule is CN(Cc1ccc(Cl)s1)C(=O)c1cccc2[nH]ccc12. The van der Waals surface area contributed by atoms with Crippen LogP contribution in [-0.2, 0) is 6.54 Å². The van der Waals surface area contributed by atoms with Gasteiger partial charge in [-0.05, 0) is 30.3 Å². The second-order valence-electron chi connectivity index (χ2n) is 4.61. The number of thiophene rings is 1. The van der Waals surface area contributed by atoms with Gasteiger partial charge in [-0.25, -0.2) is 0 Å². The third kappa shape index (κ3) is 2.44. The van der Waals surface area contributed by atoms with Crippen LogP contribution in [0.1, 0.15) is 15.2 Å². The van der Waals surface area contributed by atoms with Crippen molar-refractivity contribution < 1.29 is 4.79 Å². The number of carbonyl (C=O) groups excluding carboxylic acids is 1. The molecular weight excluding hydrogens is 292 g/mol. The van der Waals surface area contributed by atoms with Gasteiger partial charge in [0.15, 0.2) is 0 Å². The molecule has 3 rings (SSSR count). The molecule has 0 spiro atoms. The number of nitrogens with zero attached hydrogens (tertiary/aromatic N) is 1. The zero-order valence-electron chi connectivity index (χ0n) is 10.9. The predicted molar refractivity (Wildman–Crippen MR) is 83.4 cm³/mol. The lowest BCUT2D eigenvalue weighted by atomic mass is 10.1. The lowest BCUT2D eigenvalue weighted by molar-refractivity contribution is 0.0788. The summed E-state index contributed by atoms with van der Waals surface area (Å²) < 4.78 is 0.744. The van der Waals surface area contributed by atoms with E-state index in [0.717, 1.165) is 20.1 Å². The van der Waals surface area contributed by atoms with Crippen molar-refractivity contribution in [2.24, 2.45) is 0 Å². The second-order valence-corrected chi connectivity index (χ2v) is 6.41. The molecule has 0 unspecified atom stereocenters. The first-order valence-corrected chi connectivity index (χ1v) is 7.40. The Hall–Kier alpha value is -1.78. The van der Waals surface area contributed by atoms with E-state index in [4.69, 9.17) is 11.6 Å². The molecule has 0 aliphatic heterocycles. The Kier molecular flexibility index (Phi) is 3.51. The van der Waals surface area contributed by atoms with Crippen molar-refractivity contribution in [1.82, 2.24) is 9.88 Å². The zero-order chi connectivity index (χ0) is 14.1. The summed E-state index contributed by atoms with van der Waals surface area (Å²) in [5.41, 5.74) is 1.69. The van der Waals surface area contributed by atoms with Crippen LogP contribution in [0.15, 0.2) is 42.6 Å². The van der Waals surface area contributed by atoms with E-state index in [1.807, 2.05) is 42.6 Å². The molecule has 5 heteroatoms.